The second-order valence-corrected chi connectivity index (χ2v) is 6.11. The fourth-order valence-corrected chi connectivity index (χ4v) is 2.41. The normalized spacial score (nSPS) is 10.5. The lowest BCUT2D eigenvalue weighted by molar-refractivity contribution is 1.18. The second-order valence-electron chi connectivity index (χ2n) is 4.28. The fraction of sp³-hybridized carbons (Fsp3) is 0. The largest absolute Gasteiger partial charge is 0.237 e. The van der Waals surface area contributed by atoms with Gasteiger partial charge in [-0.05, 0) is 30.3 Å². The van der Waals surface area contributed by atoms with Gasteiger partial charge in [-0.1, -0.05) is 56.1 Å². The summed E-state index contributed by atoms with van der Waals surface area (Å²) in [5.74, 6) is 0.734. The van der Waals surface area contributed by atoms with E-state index >= 15 is 0 Å². The van der Waals surface area contributed by atoms with E-state index in [1.807, 2.05) is 54.6 Å². The highest BCUT2D eigenvalue weighted by atomic mass is 79.9. The average Bonchev–Trinajstić information content (AvgIpc) is 2.49. The van der Waals surface area contributed by atoms with Crippen molar-refractivity contribution in [2.45, 2.75) is 0 Å². The lowest BCUT2D eigenvalue weighted by Crippen LogP contribution is -1.91. The summed E-state index contributed by atoms with van der Waals surface area (Å²) in [5.41, 5.74) is 3.01. The summed E-state index contributed by atoms with van der Waals surface area (Å²) in [6, 6.07) is 18.0. The molecule has 0 aliphatic heterocycles. The number of aromatic nitrogens is 2. The van der Waals surface area contributed by atoms with Crippen molar-refractivity contribution in [1.29, 1.82) is 0 Å². The number of hydrogen-bond donors (Lipinski definition) is 0. The maximum absolute atomic E-state index is 4.63. The van der Waals surface area contributed by atoms with E-state index in [1.165, 1.54) is 0 Å². The monoisotopic (exact) mass is 388 g/mol. The summed E-state index contributed by atoms with van der Waals surface area (Å²) in [4.78, 5) is 8.98. The van der Waals surface area contributed by atoms with E-state index in [2.05, 4.69) is 41.8 Å². The van der Waals surface area contributed by atoms with Gasteiger partial charge in [-0.25, -0.2) is 9.97 Å². The molecule has 0 aliphatic rings. The zero-order valence-electron chi connectivity index (χ0n) is 10.4. The van der Waals surface area contributed by atoms with Crippen molar-refractivity contribution < 1.29 is 0 Å². The quantitative estimate of drug-likeness (QED) is 0.591. The van der Waals surface area contributed by atoms with Crippen LogP contribution in [0.15, 0.2) is 69.7 Å². The van der Waals surface area contributed by atoms with Gasteiger partial charge < -0.3 is 0 Å². The van der Waals surface area contributed by atoms with E-state index in [4.69, 9.17) is 0 Å². The summed E-state index contributed by atoms with van der Waals surface area (Å²) in [7, 11) is 0. The van der Waals surface area contributed by atoms with Crippen LogP contribution >= 0.6 is 31.9 Å². The number of rotatable bonds is 2. The molecule has 3 rings (SSSR count). The molecule has 0 fully saturated rings. The maximum atomic E-state index is 4.63. The molecule has 0 spiro atoms. The molecule has 0 radical (unpaired) electrons. The van der Waals surface area contributed by atoms with Crippen LogP contribution in [0.2, 0.25) is 0 Å². The first-order valence-corrected chi connectivity index (χ1v) is 7.66. The van der Waals surface area contributed by atoms with Crippen molar-refractivity contribution in [3.8, 4) is 22.6 Å². The minimum absolute atomic E-state index is 0.734. The Morgan fingerprint density at radius 1 is 0.650 bits per heavy atom. The van der Waals surface area contributed by atoms with E-state index in [0.717, 1.165) is 31.6 Å². The van der Waals surface area contributed by atoms with Crippen molar-refractivity contribution >= 4 is 31.9 Å². The van der Waals surface area contributed by atoms with Gasteiger partial charge in [0.1, 0.15) is 0 Å². The van der Waals surface area contributed by atoms with Crippen LogP contribution < -0.4 is 0 Å². The lowest BCUT2D eigenvalue weighted by atomic mass is 10.1. The Morgan fingerprint density at radius 2 is 1.20 bits per heavy atom. The first-order valence-electron chi connectivity index (χ1n) is 6.07. The molecule has 20 heavy (non-hydrogen) atoms. The third kappa shape index (κ3) is 2.97. The fourth-order valence-electron chi connectivity index (χ4n) is 1.88. The predicted molar refractivity (Wildman–Crippen MR) is 88.3 cm³/mol. The third-order valence-electron chi connectivity index (χ3n) is 2.90. The zero-order valence-corrected chi connectivity index (χ0v) is 13.6. The molecule has 98 valence electrons. The van der Waals surface area contributed by atoms with Crippen LogP contribution in [-0.2, 0) is 0 Å². The summed E-state index contributed by atoms with van der Waals surface area (Å²) in [6.45, 7) is 0. The molecule has 4 heteroatoms. The number of nitrogens with zero attached hydrogens (tertiary/aromatic N) is 2. The van der Waals surface area contributed by atoms with Gasteiger partial charge in [0, 0.05) is 26.3 Å². The summed E-state index contributed by atoms with van der Waals surface area (Å²) in [6.07, 6.45) is 1.79. The van der Waals surface area contributed by atoms with E-state index in [1.54, 1.807) is 6.20 Å². The molecule has 0 saturated carbocycles. The van der Waals surface area contributed by atoms with Gasteiger partial charge in [-0.3, -0.25) is 0 Å². The highest BCUT2D eigenvalue weighted by molar-refractivity contribution is 9.10. The first kappa shape index (κ1) is 13.5. The molecule has 0 unspecified atom stereocenters. The number of halogens is 2. The van der Waals surface area contributed by atoms with E-state index in [9.17, 15) is 0 Å². The Balaban J connectivity index is 2.01. The van der Waals surface area contributed by atoms with Crippen molar-refractivity contribution in [2.24, 2.45) is 0 Å². The van der Waals surface area contributed by atoms with E-state index in [0.29, 0.717) is 0 Å². The van der Waals surface area contributed by atoms with Gasteiger partial charge in [0.05, 0.1) is 5.69 Å². The molecule has 0 N–H and O–H groups in total. The number of hydrogen-bond acceptors (Lipinski definition) is 2. The average molecular weight is 390 g/mol. The number of benzene rings is 2. The minimum atomic E-state index is 0.734. The van der Waals surface area contributed by atoms with Gasteiger partial charge in [0.25, 0.3) is 0 Å². The van der Waals surface area contributed by atoms with Crippen LogP contribution in [0.5, 0.6) is 0 Å². The molecule has 0 saturated heterocycles. The van der Waals surface area contributed by atoms with Gasteiger partial charge >= 0.3 is 0 Å². The second kappa shape index (κ2) is 5.85. The zero-order chi connectivity index (χ0) is 13.9. The van der Waals surface area contributed by atoms with Crippen LogP contribution in [0.3, 0.4) is 0 Å². The van der Waals surface area contributed by atoms with Crippen LogP contribution in [0.25, 0.3) is 22.6 Å². The maximum Gasteiger partial charge on any atom is 0.159 e. The Labute approximate surface area is 134 Å². The van der Waals surface area contributed by atoms with Gasteiger partial charge in [-0.15, -0.1) is 0 Å². The van der Waals surface area contributed by atoms with E-state index in [-0.39, 0.29) is 0 Å². The van der Waals surface area contributed by atoms with Gasteiger partial charge in [0.2, 0.25) is 0 Å². The molecule has 1 heterocycles. The highest BCUT2D eigenvalue weighted by Gasteiger charge is 2.04. The van der Waals surface area contributed by atoms with Crippen LogP contribution in [-0.4, -0.2) is 9.97 Å². The molecule has 0 aliphatic carbocycles. The minimum Gasteiger partial charge on any atom is -0.237 e. The summed E-state index contributed by atoms with van der Waals surface area (Å²) < 4.78 is 2.11. The van der Waals surface area contributed by atoms with Crippen LogP contribution in [0.1, 0.15) is 0 Å². The van der Waals surface area contributed by atoms with E-state index < -0.39 is 0 Å². The highest BCUT2D eigenvalue weighted by Crippen LogP contribution is 2.23. The van der Waals surface area contributed by atoms with Crippen LogP contribution in [0, 0.1) is 0 Å². The molecule has 0 bridgehead atoms. The molecule has 1 aromatic heterocycles. The summed E-state index contributed by atoms with van der Waals surface area (Å²) in [5, 5.41) is 0. The molecule has 2 aromatic carbocycles. The molecular weight excluding hydrogens is 380 g/mol. The molecule has 3 aromatic rings. The Morgan fingerprint density at radius 3 is 1.80 bits per heavy atom. The van der Waals surface area contributed by atoms with Gasteiger partial charge in [-0.2, -0.15) is 0 Å². The Hall–Kier alpha value is -1.52. The van der Waals surface area contributed by atoms with Crippen molar-refractivity contribution in [3.63, 3.8) is 0 Å². The first-order chi connectivity index (χ1) is 9.72. The SMILES string of the molecule is Brc1ccc(-c2ccnc(-c3ccc(Br)cc3)n2)cc1. The smallest absolute Gasteiger partial charge is 0.159 e. The van der Waals surface area contributed by atoms with Crippen molar-refractivity contribution in [1.82, 2.24) is 9.97 Å². The molecular formula is C16H10Br2N2. The van der Waals surface area contributed by atoms with Crippen LogP contribution in [0.4, 0.5) is 0 Å². The topological polar surface area (TPSA) is 25.8 Å². The molecule has 0 atom stereocenters. The summed E-state index contributed by atoms with van der Waals surface area (Å²) >= 11 is 6.87. The predicted octanol–water partition coefficient (Wildman–Crippen LogP) is 5.34. The molecule has 0 amide bonds. The third-order valence-corrected chi connectivity index (χ3v) is 3.96. The lowest BCUT2D eigenvalue weighted by Gasteiger charge is -2.04. The Kier molecular flexibility index (Phi) is 3.94. The van der Waals surface area contributed by atoms with Crippen molar-refractivity contribution in [2.75, 3.05) is 0 Å². The van der Waals surface area contributed by atoms with Gasteiger partial charge in [0.15, 0.2) is 5.82 Å². The van der Waals surface area contributed by atoms with Crippen molar-refractivity contribution in [3.05, 3.63) is 69.7 Å². The standard InChI is InChI=1S/C16H10Br2N2/c17-13-5-1-11(2-6-13)15-9-10-19-16(20-15)12-3-7-14(18)8-4-12/h1-10H. The Bertz CT molecular complexity index is 661. The molecule has 2 nitrogen and oxygen atoms in total.